The standard InChI is InChI=1S/C12H20N4/c1-3-5-14-11-7-13-8-12(15-11)16-6-4-10(2)9-16/h7-8,10H,3-6,9H2,1-2H3,(H,14,15). The normalized spacial score (nSPS) is 20.1. The molecule has 0 aromatic carbocycles. The third-order valence-corrected chi connectivity index (χ3v) is 2.93. The Bertz CT molecular complexity index is 340. The van der Waals surface area contributed by atoms with Gasteiger partial charge in [0.05, 0.1) is 12.4 Å². The highest BCUT2D eigenvalue weighted by Gasteiger charge is 2.20. The Morgan fingerprint density at radius 1 is 1.50 bits per heavy atom. The average Bonchev–Trinajstić information content (AvgIpc) is 2.74. The summed E-state index contributed by atoms with van der Waals surface area (Å²) in [6, 6.07) is 0. The van der Waals surface area contributed by atoms with Gasteiger partial charge < -0.3 is 10.2 Å². The number of rotatable bonds is 4. The van der Waals surface area contributed by atoms with Gasteiger partial charge in [0.2, 0.25) is 0 Å². The van der Waals surface area contributed by atoms with Gasteiger partial charge in [-0.15, -0.1) is 0 Å². The molecule has 1 aromatic rings. The number of nitrogens with zero attached hydrogens (tertiary/aromatic N) is 3. The quantitative estimate of drug-likeness (QED) is 0.844. The summed E-state index contributed by atoms with van der Waals surface area (Å²) >= 11 is 0. The second kappa shape index (κ2) is 5.14. The van der Waals surface area contributed by atoms with Gasteiger partial charge in [-0.2, -0.15) is 0 Å². The van der Waals surface area contributed by atoms with Crippen LogP contribution in [0.3, 0.4) is 0 Å². The van der Waals surface area contributed by atoms with Crippen molar-refractivity contribution in [3.05, 3.63) is 12.4 Å². The minimum atomic E-state index is 0.772. The van der Waals surface area contributed by atoms with Gasteiger partial charge in [-0.3, -0.25) is 4.98 Å². The topological polar surface area (TPSA) is 41.1 Å². The average molecular weight is 220 g/mol. The van der Waals surface area contributed by atoms with Gasteiger partial charge in [0.1, 0.15) is 11.6 Å². The van der Waals surface area contributed by atoms with Crippen molar-refractivity contribution in [2.45, 2.75) is 26.7 Å². The van der Waals surface area contributed by atoms with Crippen molar-refractivity contribution in [1.29, 1.82) is 0 Å². The SMILES string of the molecule is CCCNc1cncc(N2CCC(C)C2)n1. The summed E-state index contributed by atoms with van der Waals surface area (Å²) in [7, 11) is 0. The third-order valence-electron chi connectivity index (χ3n) is 2.93. The minimum Gasteiger partial charge on any atom is -0.369 e. The maximum absolute atomic E-state index is 4.58. The zero-order valence-electron chi connectivity index (χ0n) is 10.1. The molecule has 0 bridgehead atoms. The number of anilines is 2. The molecule has 16 heavy (non-hydrogen) atoms. The fourth-order valence-corrected chi connectivity index (χ4v) is 1.99. The molecule has 1 saturated heterocycles. The lowest BCUT2D eigenvalue weighted by molar-refractivity contribution is 0.659. The summed E-state index contributed by atoms with van der Waals surface area (Å²) in [5, 5.41) is 3.27. The van der Waals surface area contributed by atoms with E-state index in [4.69, 9.17) is 0 Å². The monoisotopic (exact) mass is 220 g/mol. The van der Waals surface area contributed by atoms with Gasteiger partial charge in [-0.05, 0) is 18.8 Å². The predicted octanol–water partition coefficient (Wildman–Crippen LogP) is 2.14. The maximum Gasteiger partial charge on any atom is 0.149 e. The Morgan fingerprint density at radius 3 is 3.06 bits per heavy atom. The lowest BCUT2D eigenvalue weighted by Crippen LogP contribution is -2.21. The fraction of sp³-hybridized carbons (Fsp3) is 0.667. The van der Waals surface area contributed by atoms with Crippen molar-refractivity contribution < 1.29 is 0 Å². The van der Waals surface area contributed by atoms with Crippen molar-refractivity contribution in [2.24, 2.45) is 5.92 Å². The zero-order chi connectivity index (χ0) is 11.4. The highest BCUT2D eigenvalue weighted by molar-refractivity contribution is 5.44. The summed E-state index contributed by atoms with van der Waals surface area (Å²) in [6.07, 6.45) is 6.01. The summed E-state index contributed by atoms with van der Waals surface area (Å²) in [6.45, 7) is 7.59. The van der Waals surface area contributed by atoms with Crippen LogP contribution in [-0.4, -0.2) is 29.6 Å². The molecule has 0 spiro atoms. The summed E-state index contributed by atoms with van der Waals surface area (Å²) in [4.78, 5) is 11.1. The van der Waals surface area contributed by atoms with Crippen LogP contribution in [-0.2, 0) is 0 Å². The Labute approximate surface area is 97.1 Å². The van der Waals surface area contributed by atoms with E-state index in [9.17, 15) is 0 Å². The largest absolute Gasteiger partial charge is 0.369 e. The molecule has 0 amide bonds. The predicted molar refractivity (Wildman–Crippen MR) is 66.8 cm³/mol. The van der Waals surface area contributed by atoms with Crippen LogP contribution in [0, 0.1) is 5.92 Å². The van der Waals surface area contributed by atoms with Crippen LogP contribution in [0.1, 0.15) is 26.7 Å². The second-order valence-electron chi connectivity index (χ2n) is 4.53. The van der Waals surface area contributed by atoms with Gasteiger partial charge >= 0.3 is 0 Å². The molecule has 0 radical (unpaired) electrons. The lowest BCUT2D eigenvalue weighted by atomic mass is 10.2. The Morgan fingerprint density at radius 2 is 2.38 bits per heavy atom. The van der Waals surface area contributed by atoms with Crippen LogP contribution in [0.25, 0.3) is 0 Å². The summed E-state index contributed by atoms with van der Waals surface area (Å²) < 4.78 is 0. The van der Waals surface area contributed by atoms with Crippen LogP contribution in [0.15, 0.2) is 12.4 Å². The van der Waals surface area contributed by atoms with E-state index in [1.807, 2.05) is 6.20 Å². The van der Waals surface area contributed by atoms with Crippen molar-refractivity contribution in [3.8, 4) is 0 Å². The van der Waals surface area contributed by atoms with Crippen molar-refractivity contribution in [1.82, 2.24) is 9.97 Å². The van der Waals surface area contributed by atoms with E-state index >= 15 is 0 Å². The first-order valence-corrected chi connectivity index (χ1v) is 6.10. The van der Waals surface area contributed by atoms with E-state index in [0.717, 1.165) is 43.6 Å². The van der Waals surface area contributed by atoms with Crippen LogP contribution < -0.4 is 10.2 Å². The molecule has 4 heteroatoms. The molecule has 1 fully saturated rings. The first kappa shape index (κ1) is 11.2. The summed E-state index contributed by atoms with van der Waals surface area (Å²) in [5.74, 6) is 2.67. The van der Waals surface area contributed by atoms with Crippen molar-refractivity contribution in [3.63, 3.8) is 0 Å². The molecule has 1 unspecified atom stereocenters. The molecule has 2 heterocycles. The molecule has 1 N–H and O–H groups in total. The molecule has 2 rings (SSSR count). The molecule has 4 nitrogen and oxygen atoms in total. The third kappa shape index (κ3) is 2.62. The van der Waals surface area contributed by atoms with Crippen LogP contribution in [0.5, 0.6) is 0 Å². The molecule has 88 valence electrons. The Balaban J connectivity index is 2.04. The fourth-order valence-electron chi connectivity index (χ4n) is 1.99. The smallest absolute Gasteiger partial charge is 0.149 e. The Hall–Kier alpha value is -1.32. The Kier molecular flexibility index (Phi) is 3.59. The van der Waals surface area contributed by atoms with E-state index in [1.165, 1.54) is 6.42 Å². The van der Waals surface area contributed by atoms with Gasteiger partial charge in [-0.25, -0.2) is 4.98 Å². The summed E-state index contributed by atoms with van der Waals surface area (Å²) in [5.41, 5.74) is 0. The maximum atomic E-state index is 4.58. The molecule has 1 aliphatic rings. The first-order valence-electron chi connectivity index (χ1n) is 6.10. The van der Waals surface area contributed by atoms with E-state index in [1.54, 1.807) is 6.20 Å². The van der Waals surface area contributed by atoms with Crippen molar-refractivity contribution in [2.75, 3.05) is 29.9 Å². The second-order valence-corrected chi connectivity index (χ2v) is 4.53. The molecule has 0 aliphatic carbocycles. The van der Waals surface area contributed by atoms with E-state index in [2.05, 4.69) is 34.0 Å². The zero-order valence-corrected chi connectivity index (χ0v) is 10.1. The molecule has 1 aromatic heterocycles. The number of hydrogen-bond acceptors (Lipinski definition) is 4. The highest BCUT2D eigenvalue weighted by Crippen LogP contribution is 2.21. The number of nitrogens with one attached hydrogen (secondary N) is 1. The molecule has 1 atom stereocenters. The molecular formula is C12H20N4. The highest BCUT2D eigenvalue weighted by atomic mass is 15.2. The molecule has 0 saturated carbocycles. The van der Waals surface area contributed by atoms with Crippen LogP contribution >= 0.6 is 0 Å². The molecular weight excluding hydrogens is 200 g/mol. The van der Waals surface area contributed by atoms with Gasteiger partial charge in [0, 0.05) is 19.6 Å². The van der Waals surface area contributed by atoms with E-state index in [-0.39, 0.29) is 0 Å². The number of aromatic nitrogens is 2. The van der Waals surface area contributed by atoms with Gasteiger partial charge in [-0.1, -0.05) is 13.8 Å². The molecule has 1 aliphatic heterocycles. The van der Waals surface area contributed by atoms with E-state index in [0.29, 0.717) is 0 Å². The van der Waals surface area contributed by atoms with Gasteiger partial charge in [0.25, 0.3) is 0 Å². The first-order chi connectivity index (χ1) is 7.79. The number of hydrogen-bond donors (Lipinski definition) is 1. The van der Waals surface area contributed by atoms with Crippen LogP contribution in [0.4, 0.5) is 11.6 Å². The minimum absolute atomic E-state index is 0.772. The van der Waals surface area contributed by atoms with Crippen molar-refractivity contribution >= 4 is 11.6 Å². The lowest BCUT2D eigenvalue weighted by Gasteiger charge is -2.17. The van der Waals surface area contributed by atoms with Gasteiger partial charge in [0.15, 0.2) is 0 Å². The van der Waals surface area contributed by atoms with E-state index < -0.39 is 0 Å². The van der Waals surface area contributed by atoms with Crippen LogP contribution in [0.2, 0.25) is 0 Å².